The third-order valence-electron chi connectivity index (χ3n) is 6.04. The normalized spacial score (nSPS) is 20.9. The van der Waals surface area contributed by atoms with Crippen molar-refractivity contribution in [2.75, 3.05) is 38.6 Å². The van der Waals surface area contributed by atoms with Gasteiger partial charge >= 0.3 is 0 Å². The number of likely N-dealkylation sites (tertiary alicyclic amines) is 1. The van der Waals surface area contributed by atoms with Gasteiger partial charge in [-0.3, -0.25) is 9.69 Å². The molecule has 1 saturated carbocycles. The lowest BCUT2D eigenvalue weighted by atomic mass is 9.79. The molecular weight excluding hydrogens is 310 g/mol. The number of benzene rings is 1. The summed E-state index contributed by atoms with van der Waals surface area (Å²) in [6, 6.07) is 7.88. The van der Waals surface area contributed by atoms with Crippen LogP contribution in [0.4, 0.5) is 5.69 Å². The van der Waals surface area contributed by atoms with E-state index >= 15 is 0 Å². The molecule has 0 atom stereocenters. The largest absolute Gasteiger partial charge is 0.378 e. The van der Waals surface area contributed by atoms with Gasteiger partial charge in [0.1, 0.15) is 0 Å². The molecule has 0 bridgehead atoms. The van der Waals surface area contributed by atoms with Crippen molar-refractivity contribution in [2.45, 2.75) is 56.9 Å². The van der Waals surface area contributed by atoms with Gasteiger partial charge in [-0.1, -0.05) is 25.7 Å². The summed E-state index contributed by atoms with van der Waals surface area (Å²) >= 11 is 0. The third kappa shape index (κ3) is 4.35. The third-order valence-corrected chi connectivity index (χ3v) is 6.04. The van der Waals surface area contributed by atoms with E-state index in [-0.39, 0.29) is 11.4 Å². The van der Waals surface area contributed by atoms with Gasteiger partial charge in [0.15, 0.2) is 0 Å². The zero-order valence-electron chi connectivity index (χ0n) is 15.9. The first-order valence-electron chi connectivity index (χ1n) is 9.91. The fourth-order valence-electron chi connectivity index (χ4n) is 4.44. The van der Waals surface area contributed by atoms with Crippen LogP contribution in [0.1, 0.15) is 61.7 Å². The molecule has 1 N–H and O–H groups in total. The second-order valence-corrected chi connectivity index (χ2v) is 7.96. The summed E-state index contributed by atoms with van der Waals surface area (Å²) in [7, 11) is 4.03. The fourth-order valence-corrected chi connectivity index (χ4v) is 4.44. The van der Waals surface area contributed by atoms with Crippen LogP contribution in [0.3, 0.4) is 0 Å². The first-order chi connectivity index (χ1) is 12.1. The average molecular weight is 344 g/mol. The zero-order valence-corrected chi connectivity index (χ0v) is 15.9. The van der Waals surface area contributed by atoms with Crippen LogP contribution in [0, 0.1) is 0 Å². The number of hydrogen-bond acceptors (Lipinski definition) is 3. The van der Waals surface area contributed by atoms with E-state index in [1.807, 2.05) is 38.4 Å². The van der Waals surface area contributed by atoms with Gasteiger partial charge < -0.3 is 10.2 Å². The molecule has 4 heteroatoms. The van der Waals surface area contributed by atoms with Crippen molar-refractivity contribution < 1.29 is 4.79 Å². The Morgan fingerprint density at radius 1 is 1.00 bits per heavy atom. The lowest BCUT2D eigenvalue weighted by Crippen LogP contribution is -2.58. The topological polar surface area (TPSA) is 35.6 Å². The predicted molar refractivity (Wildman–Crippen MR) is 104 cm³/mol. The lowest BCUT2D eigenvalue weighted by Gasteiger charge is -2.48. The SMILES string of the molecule is CN(C)c1ccc(C(=O)NCC2(N3CCCCC3)CCCCC2)cc1. The predicted octanol–water partition coefficient (Wildman–Crippen LogP) is 3.67. The van der Waals surface area contributed by atoms with Crippen molar-refractivity contribution in [3.05, 3.63) is 29.8 Å². The zero-order chi connectivity index (χ0) is 17.7. The number of carbonyl (C=O) groups is 1. The van der Waals surface area contributed by atoms with E-state index in [0.717, 1.165) is 17.8 Å². The standard InChI is InChI=1S/C21H33N3O/c1-23(2)19-11-9-18(10-12-19)20(25)22-17-21(13-5-3-6-14-21)24-15-7-4-8-16-24/h9-12H,3-8,13-17H2,1-2H3,(H,22,25). The molecule has 2 aliphatic rings. The van der Waals surface area contributed by atoms with Crippen LogP contribution < -0.4 is 10.2 Å². The Kier molecular flexibility index (Phi) is 6.00. The van der Waals surface area contributed by atoms with E-state index in [2.05, 4.69) is 15.1 Å². The Bertz CT molecular complexity index is 555. The van der Waals surface area contributed by atoms with E-state index in [1.54, 1.807) is 0 Å². The minimum atomic E-state index is 0.0623. The first kappa shape index (κ1) is 18.2. The van der Waals surface area contributed by atoms with Crippen molar-refractivity contribution in [1.82, 2.24) is 10.2 Å². The van der Waals surface area contributed by atoms with Gasteiger partial charge in [-0.15, -0.1) is 0 Å². The molecule has 1 aliphatic heterocycles. The quantitative estimate of drug-likeness (QED) is 0.886. The van der Waals surface area contributed by atoms with Crippen LogP contribution in [-0.4, -0.2) is 50.1 Å². The van der Waals surface area contributed by atoms with Crippen LogP contribution in [0.2, 0.25) is 0 Å². The molecule has 0 aromatic heterocycles. The molecule has 4 nitrogen and oxygen atoms in total. The number of carbonyl (C=O) groups excluding carboxylic acids is 1. The second kappa shape index (κ2) is 8.22. The van der Waals surface area contributed by atoms with E-state index < -0.39 is 0 Å². The summed E-state index contributed by atoms with van der Waals surface area (Å²) in [4.78, 5) is 17.4. The minimum absolute atomic E-state index is 0.0623. The average Bonchev–Trinajstić information content (AvgIpc) is 2.67. The lowest BCUT2D eigenvalue weighted by molar-refractivity contribution is 0.0326. The number of hydrogen-bond donors (Lipinski definition) is 1. The van der Waals surface area contributed by atoms with E-state index in [9.17, 15) is 4.79 Å². The van der Waals surface area contributed by atoms with Crippen LogP contribution in [-0.2, 0) is 0 Å². The van der Waals surface area contributed by atoms with Crippen molar-refractivity contribution >= 4 is 11.6 Å². The molecule has 1 aromatic rings. The number of nitrogens with zero attached hydrogens (tertiary/aromatic N) is 2. The summed E-state index contributed by atoms with van der Waals surface area (Å²) in [5.74, 6) is 0.0623. The maximum Gasteiger partial charge on any atom is 0.251 e. The van der Waals surface area contributed by atoms with Crippen molar-refractivity contribution in [3.63, 3.8) is 0 Å². The van der Waals surface area contributed by atoms with Gasteiger partial charge in [-0.05, 0) is 63.0 Å². The van der Waals surface area contributed by atoms with Crippen LogP contribution in [0.25, 0.3) is 0 Å². The monoisotopic (exact) mass is 343 g/mol. The molecule has 25 heavy (non-hydrogen) atoms. The van der Waals surface area contributed by atoms with E-state index in [0.29, 0.717) is 0 Å². The number of piperidine rings is 1. The fraction of sp³-hybridized carbons (Fsp3) is 0.667. The van der Waals surface area contributed by atoms with Gasteiger partial charge in [-0.2, -0.15) is 0 Å². The number of rotatable bonds is 5. The number of amides is 1. The maximum absolute atomic E-state index is 12.7. The molecule has 3 rings (SSSR count). The molecule has 138 valence electrons. The van der Waals surface area contributed by atoms with Gasteiger partial charge in [0, 0.05) is 37.4 Å². The Hall–Kier alpha value is -1.55. The van der Waals surface area contributed by atoms with Gasteiger partial charge in [0.05, 0.1) is 0 Å². The summed E-state index contributed by atoms with van der Waals surface area (Å²) in [5, 5.41) is 3.26. The highest BCUT2D eigenvalue weighted by molar-refractivity contribution is 5.94. The Morgan fingerprint density at radius 3 is 2.20 bits per heavy atom. The molecule has 1 aromatic carbocycles. The van der Waals surface area contributed by atoms with Crippen LogP contribution in [0.15, 0.2) is 24.3 Å². The van der Waals surface area contributed by atoms with Crippen molar-refractivity contribution in [2.24, 2.45) is 0 Å². The van der Waals surface area contributed by atoms with Gasteiger partial charge in [0.25, 0.3) is 5.91 Å². The maximum atomic E-state index is 12.7. The van der Waals surface area contributed by atoms with Crippen LogP contribution >= 0.6 is 0 Å². The van der Waals surface area contributed by atoms with Crippen molar-refractivity contribution in [1.29, 1.82) is 0 Å². The van der Waals surface area contributed by atoms with Gasteiger partial charge in [-0.25, -0.2) is 0 Å². The van der Waals surface area contributed by atoms with Gasteiger partial charge in [0.2, 0.25) is 0 Å². The Labute approximate surface area is 152 Å². The molecule has 0 unspecified atom stereocenters. The van der Waals surface area contributed by atoms with Crippen molar-refractivity contribution in [3.8, 4) is 0 Å². The molecule has 1 amide bonds. The number of nitrogens with one attached hydrogen (secondary N) is 1. The molecular formula is C21H33N3O. The highest BCUT2D eigenvalue weighted by atomic mass is 16.1. The number of anilines is 1. The molecule has 2 fully saturated rings. The molecule has 1 heterocycles. The first-order valence-corrected chi connectivity index (χ1v) is 9.91. The summed E-state index contributed by atoms with van der Waals surface area (Å²) < 4.78 is 0. The summed E-state index contributed by atoms with van der Waals surface area (Å²) in [6.45, 7) is 3.20. The summed E-state index contributed by atoms with van der Waals surface area (Å²) in [6.07, 6.45) is 10.4. The molecule has 1 saturated heterocycles. The second-order valence-electron chi connectivity index (χ2n) is 7.96. The molecule has 0 spiro atoms. The molecule has 0 radical (unpaired) electrons. The van der Waals surface area contributed by atoms with E-state index in [1.165, 1.54) is 64.5 Å². The Balaban J connectivity index is 1.64. The summed E-state index contributed by atoms with van der Waals surface area (Å²) in [5.41, 5.74) is 2.07. The van der Waals surface area contributed by atoms with E-state index in [4.69, 9.17) is 0 Å². The minimum Gasteiger partial charge on any atom is -0.378 e. The smallest absolute Gasteiger partial charge is 0.251 e. The molecule has 1 aliphatic carbocycles. The highest BCUT2D eigenvalue weighted by Crippen LogP contribution is 2.35. The van der Waals surface area contributed by atoms with Crippen LogP contribution in [0.5, 0.6) is 0 Å². The highest BCUT2D eigenvalue weighted by Gasteiger charge is 2.38. The Morgan fingerprint density at radius 2 is 1.60 bits per heavy atom.